The standard InChI is InChI=1S/C20H27NO3S2/c1-20(2,3)24-19(23)21-9-7-14(8-10-21)5-4-6-16-11-15-12-17(13-22)26-18(15)25-16/h11-14H,4-10H2,1-3H3. The number of aryl methyl sites for hydroxylation is 1. The van der Waals surface area contributed by atoms with E-state index in [4.69, 9.17) is 4.74 Å². The number of thiophene rings is 2. The zero-order valence-electron chi connectivity index (χ0n) is 15.7. The predicted molar refractivity (Wildman–Crippen MR) is 109 cm³/mol. The van der Waals surface area contributed by atoms with Crippen molar-refractivity contribution in [2.24, 2.45) is 5.92 Å². The molecule has 3 rings (SSSR count). The van der Waals surface area contributed by atoms with Crippen molar-refractivity contribution in [3.8, 4) is 0 Å². The third-order valence-electron chi connectivity index (χ3n) is 4.70. The van der Waals surface area contributed by atoms with Crippen LogP contribution in [0, 0.1) is 5.92 Å². The summed E-state index contributed by atoms with van der Waals surface area (Å²) in [6.07, 6.45) is 6.40. The van der Waals surface area contributed by atoms with Crippen LogP contribution in [-0.2, 0) is 11.2 Å². The van der Waals surface area contributed by atoms with Crippen molar-refractivity contribution in [3.63, 3.8) is 0 Å². The minimum Gasteiger partial charge on any atom is -0.444 e. The number of nitrogens with zero attached hydrogens (tertiary/aromatic N) is 1. The Morgan fingerprint density at radius 3 is 2.62 bits per heavy atom. The molecule has 1 saturated heterocycles. The van der Waals surface area contributed by atoms with Crippen LogP contribution in [0.25, 0.3) is 9.40 Å². The molecular weight excluding hydrogens is 366 g/mol. The minimum absolute atomic E-state index is 0.177. The number of carbonyl (C=O) groups is 2. The van der Waals surface area contributed by atoms with E-state index in [2.05, 4.69) is 6.07 Å². The maximum absolute atomic E-state index is 12.1. The fourth-order valence-electron chi connectivity index (χ4n) is 3.39. The Morgan fingerprint density at radius 2 is 2.00 bits per heavy atom. The van der Waals surface area contributed by atoms with Gasteiger partial charge < -0.3 is 9.64 Å². The highest BCUT2D eigenvalue weighted by Gasteiger charge is 2.26. The third-order valence-corrected chi connectivity index (χ3v) is 7.08. The molecule has 2 aromatic rings. The van der Waals surface area contributed by atoms with Crippen molar-refractivity contribution in [1.82, 2.24) is 4.90 Å². The van der Waals surface area contributed by atoms with Crippen molar-refractivity contribution in [2.75, 3.05) is 13.1 Å². The largest absolute Gasteiger partial charge is 0.444 e. The minimum atomic E-state index is -0.422. The molecule has 0 atom stereocenters. The summed E-state index contributed by atoms with van der Waals surface area (Å²) in [6, 6.07) is 4.22. The molecule has 1 amide bonds. The highest BCUT2D eigenvalue weighted by molar-refractivity contribution is 7.38. The summed E-state index contributed by atoms with van der Waals surface area (Å²) in [5, 5.41) is 1.21. The monoisotopic (exact) mass is 393 g/mol. The van der Waals surface area contributed by atoms with Gasteiger partial charge in [0.25, 0.3) is 0 Å². The van der Waals surface area contributed by atoms with E-state index in [1.165, 1.54) is 27.1 Å². The van der Waals surface area contributed by atoms with Crippen LogP contribution in [0.15, 0.2) is 12.1 Å². The average Bonchev–Trinajstić information content (AvgIpc) is 3.12. The van der Waals surface area contributed by atoms with Crippen LogP contribution in [0.2, 0.25) is 0 Å². The van der Waals surface area contributed by atoms with Gasteiger partial charge in [0.15, 0.2) is 6.29 Å². The topological polar surface area (TPSA) is 46.6 Å². The van der Waals surface area contributed by atoms with Gasteiger partial charge in [-0.05, 0) is 70.9 Å². The Morgan fingerprint density at radius 1 is 1.27 bits per heavy atom. The van der Waals surface area contributed by atoms with E-state index in [1.54, 1.807) is 11.3 Å². The fraction of sp³-hybridized carbons (Fsp3) is 0.600. The van der Waals surface area contributed by atoms with Crippen LogP contribution in [0.1, 0.15) is 61.0 Å². The predicted octanol–water partition coefficient (Wildman–Crippen LogP) is 5.75. The second-order valence-corrected chi connectivity index (χ2v) is 10.5. The van der Waals surface area contributed by atoms with E-state index >= 15 is 0 Å². The molecule has 0 unspecified atom stereocenters. The van der Waals surface area contributed by atoms with Gasteiger partial charge >= 0.3 is 6.09 Å². The molecular formula is C20H27NO3S2. The molecule has 1 aliphatic rings. The quantitative estimate of drug-likeness (QED) is 0.608. The van der Waals surface area contributed by atoms with Gasteiger partial charge in [-0.3, -0.25) is 4.79 Å². The molecule has 3 heterocycles. The van der Waals surface area contributed by atoms with E-state index in [0.717, 1.165) is 43.5 Å². The molecule has 26 heavy (non-hydrogen) atoms. The number of hydrogen-bond acceptors (Lipinski definition) is 5. The smallest absolute Gasteiger partial charge is 0.410 e. The Kier molecular flexibility index (Phi) is 6.03. The molecule has 0 bridgehead atoms. The molecule has 1 aliphatic heterocycles. The van der Waals surface area contributed by atoms with E-state index in [1.807, 2.05) is 43.1 Å². The summed E-state index contributed by atoms with van der Waals surface area (Å²) < 4.78 is 6.71. The number of fused-ring (bicyclic) bond motifs is 1. The fourth-order valence-corrected chi connectivity index (χ4v) is 5.75. The number of carbonyl (C=O) groups excluding carboxylic acids is 2. The number of ether oxygens (including phenoxy) is 1. The van der Waals surface area contributed by atoms with Crippen LogP contribution >= 0.6 is 22.7 Å². The van der Waals surface area contributed by atoms with Gasteiger partial charge in [-0.25, -0.2) is 4.79 Å². The molecule has 1 fully saturated rings. The van der Waals surface area contributed by atoms with Crippen LogP contribution in [0.4, 0.5) is 4.79 Å². The van der Waals surface area contributed by atoms with Crippen molar-refractivity contribution in [3.05, 3.63) is 21.9 Å². The first-order valence-electron chi connectivity index (χ1n) is 9.29. The van der Waals surface area contributed by atoms with Gasteiger partial charge in [0.1, 0.15) is 5.60 Å². The second kappa shape index (κ2) is 8.09. The van der Waals surface area contributed by atoms with Gasteiger partial charge in [0.05, 0.1) is 8.89 Å². The Bertz CT molecular complexity index is 732. The zero-order valence-corrected chi connectivity index (χ0v) is 17.4. The Hall–Kier alpha value is -1.40. The molecule has 0 spiro atoms. The van der Waals surface area contributed by atoms with Gasteiger partial charge in [-0.1, -0.05) is 0 Å². The molecule has 142 valence electrons. The summed E-state index contributed by atoms with van der Waals surface area (Å²) >= 11 is 3.41. The van der Waals surface area contributed by atoms with Crippen LogP contribution in [0.5, 0.6) is 0 Å². The third kappa shape index (κ3) is 5.07. The lowest BCUT2D eigenvalue weighted by Crippen LogP contribution is -2.41. The maximum atomic E-state index is 12.1. The van der Waals surface area contributed by atoms with Gasteiger partial charge in [-0.15, -0.1) is 22.7 Å². The second-order valence-electron chi connectivity index (χ2n) is 8.03. The molecule has 6 heteroatoms. The number of aldehydes is 1. The summed E-state index contributed by atoms with van der Waals surface area (Å²) in [5.74, 6) is 0.705. The highest BCUT2D eigenvalue weighted by atomic mass is 32.2. The van der Waals surface area contributed by atoms with Crippen molar-refractivity contribution in [1.29, 1.82) is 0 Å². The van der Waals surface area contributed by atoms with Crippen LogP contribution in [-0.4, -0.2) is 36.0 Å². The zero-order chi connectivity index (χ0) is 18.7. The molecule has 0 aromatic carbocycles. The Balaban J connectivity index is 1.40. The van der Waals surface area contributed by atoms with Crippen LogP contribution < -0.4 is 0 Å². The highest BCUT2D eigenvalue weighted by Crippen LogP contribution is 2.34. The first-order valence-corrected chi connectivity index (χ1v) is 10.9. The number of piperidine rings is 1. The summed E-state index contributed by atoms with van der Waals surface area (Å²) in [4.78, 5) is 27.0. The molecule has 0 saturated carbocycles. The van der Waals surface area contributed by atoms with E-state index < -0.39 is 5.60 Å². The van der Waals surface area contributed by atoms with E-state index in [-0.39, 0.29) is 6.09 Å². The van der Waals surface area contributed by atoms with Crippen LogP contribution in [0.3, 0.4) is 0 Å². The van der Waals surface area contributed by atoms with E-state index in [9.17, 15) is 9.59 Å². The molecule has 0 radical (unpaired) electrons. The molecule has 2 aromatic heterocycles. The number of hydrogen-bond donors (Lipinski definition) is 0. The molecule has 4 nitrogen and oxygen atoms in total. The van der Waals surface area contributed by atoms with Crippen molar-refractivity contribution in [2.45, 2.75) is 58.5 Å². The van der Waals surface area contributed by atoms with Gasteiger partial charge in [0.2, 0.25) is 0 Å². The summed E-state index contributed by atoms with van der Waals surface area (Å²) in [7, 11) is 0. The van der Waals surface area contributed by atoms with Gasteiger partial charge in [-0.2, -0.15) is 0 Å². The SMILES string of the molecule is CC(C)(C)OC(=O)N1CCC(CCCc2cc3cc(C=O)sc3s2)CC1. The number of likely N-dealkylation sites (tertiary alicyclic amines) is 1. The van der Waals surface area contributed by atoms with Crippen molar-refractivity contribution < 1.29 is 14.3 Å². The normalized spacial score (nSPS) is 16.2. The molecule has 0 N–H and O–H groups in total. The van der Waals surface area contributed by atoms with Gasteiger partial charge in [0, 0.05) is 23.4 Å². The Labute approximate surface area is 163 Å². The first-order chi connectivity index (χ1) is 12.3. The average molecular weight is 394 g/mol. The van der Waals surface area contributed by atoms with Crippen molar-refractivity contribution >= 4 is 44.5 Å². The number of rotatable bonds is 5. The molecule has 0 aliphatic carbocycles. The maximum Gasteiger partial charge on any atom is 0.410 e. The summed E-state index contributed by atoms with van der Waals surface area (Å²) in [6.45, 7) is 7.34. The lowest BCUT2D eigenvalue weighted by Gasteiger charge is -2.33. The lowest BCUT2D eigenvalue weighted by atomic mass is 9.91. The summed E-state index contributed by atoms with van der Waals surface area (Å²) in [5.41, 5.74) is -0.422. The first kappa shape index (κ1) is 19.4. The van der Waals surface area contributed by atoms with E-state index in [0.29, 0.717) is 5.92 Å². The number of amides is 1. The lowest BCUT2D eigenvalue weighted by molar-refractivity contribution is 0.0180.